The monoisotopic (exact) mass is 292 g/mol. The first-order valence-electron chi connectivity index (χ1n) is 7.38. The number of hydrogen-bond acceptors (Lipinski definition) is 4. The third-order valence-corrected chi connectivity index (χ3v) is 4.24. The van der Waals surface area contributed by atoms with Crippen molar-refractivity contribution in [3.8, 4) is 11.5 Å². The Bertz CT molecular complexity index is 490. The van der Waals surface area contributed by atoms with Crippen LogP contribution in [0.5, 0.6) is 11.5 Å². The van der Waals surface area contributed by atoms with Gasteiger partial charge >= 0.3 is 0 Å². The molecule has 0 aliphatic heterocycles. The Balaban J connectivity index is 2.00. The lowest BCUT2D eigenvalue weighted by atomic mass is 9.95. The van der Waals surface area contributed by atoms with Gasteiger partial charge in [0, 0.05) is 18.0 Å². The zero-order valence-corrected chi connectivity index (χ0v) is 12.7. The zero-order valence-electron chi connectivity index (χ0n) is 12.7. The Morgan fingerprint density at radius 1 is 1.33 bits per heavy atom. The van der Waals surface area contributed by atoms with Crippen LogP contribution in [0.15, 0.2) is 18.2 Å². The van der Waals surface area contributed by atoms with E-state index in [9.17, 15) is 4.79 Å². The van der Waals surface area contributed by atoms with Gasteiger partial charge in [0.15, 0.2) is 0 Å². The molecule has 0 saturated heterocycles. The normalized spacial score (nSPS) is 21.1. The van der Waals surface area contributed by atoms with Gasteiger partial charge in [-0.1, -0.05) is 6.42 Å². The highest BCUT2D eigenvalue weighted by atomic mass is 16.5. The van der Waals surface area contributed by atoms with E-state index < -0.39 is 0 Å². The van der Waals surface area contributed by atoms with E-state index in [1.54, 1.807) is 14.2 Å². The number of rotatable bonds is 6. The Hall–Kier alpha value is -1.75. The van der Waals surface area contributed by atoms with Gasteiger partial charge in [0.25, 0.3) is 0 Å². The summed E-state index contributed by atoms with van der Waals surface area (Å²) in [5.41, 5.74) is 6.65. The number of carbonyl (C=O) groups excluding carboxylic acids is 1. The van der Waals surface area contributed by atoms with Crippen LogP contribution in [0.1, 0.15) is 24.8 Å². The third kappa shape index (κ3) is 3.67. The molecule has 1 aliphatic rings. The van der Waals surface area contributed by atoms with Gasteiger partial charge in [0.2, 0.25) is 5.91 Å². The minimum Gasteiger partial charge on any atom is -0.497 e. The van der Waals surface area contributed by atoms with Crippen LogP contribution in [0.25, 0.3) is 0 Å². The molecule has 1 aliphatic carbocycles. The molecule has 0 bridgehead atoms. The van der Waals surface area contributed by atoms with Crippen molar-refractivity contribution in [1.29, 1.82) is 0 Å². The summed E-state index contributed by atoms with van der Waals surface area (Å²) in [6.07, 6.45) is 3.07. The molecular weight excluding hydrogens is 268 g/mol. The molecule has 116 valence electrons. The van der Waals surface area contributed by atoms with E-state index in [0.717, 1.165) is 36.3 Å². The largest absolute Gasteiger partial charge is 0.497 e. The fraction of sp³-hybridized carbons (Fsp3) is 0.562. The van der Waals surface area contributed by atoms with Crippen molar-refractivity contribution in [3.63, 3.8) is 0 Å². The van der Waals surface area contributed by atoms with Crippen LogP contribution in [0.3, 0.4) is 0 Å². The van der Waals surface area contributed by atoms with Gasteiger partial charge in [-0.05, 0) is 43.5 Å². The van der Waals surface area contributed by atoms with Crippen LogP contribution >= 0.6 is 0 Å². The van der Waals surface area contributed by atoms with E-state index in [0.29, 0.717) is 19.0 Å². The van der Waals surface area contributed by atoms with Gasteiger partial charge in [-0.2, -0.15) is 0 Å². The highest BCUT2D eigenvalue weighted by Gasteiger charge is 2.31. The number of nitrogens with one attached hydrogen (secondary N) is 1. The van der Waals surface area contributed by atoms with Crippen LogP contribution in [-0.4, -0.2) is 26.7 Å². The maximum absolute atomic E-state index is 12.3. The van der Waals surface area contributed by atoms with Crippen LogP contribution in [0, 0.1) is 11.8 Å². The van der Waals surface area contributed by atoms with E-state index in [2.05, 4.69) is 5.32 Å². The summed E-state index contributed by atoms with van der Waals surface area (Å²) in [4.78, 5) is 12.3. The van der Waals surface area contributed by atoms with Crippen molar-refractivity contribution in [2.45, 2.75) is 25.8 Å². The molecule has 5 nitrogen and oxygen atoms in total. The number of ether oxygens (including phenoxy) is 2. The first-order chi connectivity index (χ1) is 10.2. The fourth-order valence-electron chi connectivity index (χ4n) is 3.00. The first kappa shape index (κ1) is 15.6. The van der Waals surface area contributed by atoms with Gasteiger partial charge in [0.1, 0.15) is 11.5 Å². The molecule has 0 aromatic heterocycles. The topological polar surface area (TPSA) is 73.6 Å². The van der Waals surface area contributed by atoms with Crippen LogP contribution in [0.2, 0.25) is 0 Å². The van der Waals surface area contributed by atoms with Gasteiger partial charge in [-0.15, -0.1) is 0 Å². The lowest BCUT2D eigenvalue weighted by Gasteiger charge is -2.18. The molecule has 0 unspecified atom stereocenters. The molecule has 2 atom stereocenters. The number of methoxy groups -OCH3 is 2. The molecule has 1 saturated carbocycles. The standard InChI is InChI=1S/C16H24N2O3/c1-20-13-6-7-15(21-2)12(8-13)10-18-16(19)14-5-3-4-11(14)9-17/h6-8,11,14H,3-5,9-10,17H2,1-2H3,(H,18,19)/t11-,14-/m1/s1. The molecule has 1 aromatic carbocycles. The second kappa shape index (κ2) is 7.31. The summed E-state index contributed by atoms with van der Waals surface area (Å²) >= 11 is 0. The Kier molecular flexibility index (Phi) is 5.44. The van der Waals surface area contributed by atoms with E-state index in [4.69, 9.17) is 15.2 Å². The summed E-state index contributed by atoms with van der Waals surface area (Å²) in [5.74, 6) is 1.95. The van der Waals surface area contributed by atoms with Gasteiger partial charge in [-0.25, -0.2) is 0 Å². The van der Waals surface area contributed by atoms with Crippen molar-refractivity contribution in [3.05, 3.63) is 23.8 Å². The maximum Gasteiger partial charge on any atom is 0.223 e. The van der Waals surface area contributed by atoms with E-state index in [1.165, 1.54) is 0 Å². The minimum atomic E-state index is 0.0478. The molecule has 0 spiro atoms. The van der Waals surface area contributed by atoms with Gasteiger partial charge in [-0.3, -0.25) is 4.79 Å². The van der Waals surface area contributed by atoms with Crippen molar-refractivity contribution in [2.24, 2.45) is 17.6 Å². The van der Waals surface area contributed by atoms with Gasteiger partial charge in [0.05, 0.1) is 14.2 Å². The van der Waals surface area contributed by atoms with E-state index in [-0.39, 0.29) is 11.8 Å². The highest BCUT2D eigenvalue weighted by molar-refractivity contribution is 5.79. The van der Waals surface area contributed by atoms with Crippen LogP contribution in [-0.2, 0) is 11.3 Å². The molecule has 0 radical (unpaired) electrons. The molecular formula is C16H24N2O3. The van der Waals surface area contributed by atoms with Crippen LogP contribution < -0.4 is 20.5 Å². The number of benzene rings is 1. The highest BCUT2D eigenvalue weighted by Crippen LogP contribution is 2.31. The van der Waals surface area contributed by atoms with Crippen LogP contribution in [0.4, 0.5) is 0 Å². The molecule has 1 aromatic rings. The van der Waals surface area contributed by atoms with Crippen molar-refractivity contribution < 1.29 is 14.3 Å². The predicted octanol–water partition coefficient (Wildman–Crippen LogP) is 1.69. The number of amides is 1. The molecule has 3 N–H and O–H groups in total. The smallest absolute Gasteiger partial charge is 0.223 e. The SMILES string of the molecule is COc1ccc(OC)c(CNC(=O)[C@@H]2CCC[C@@H]2CN)c1. The maximum atomic E-state index is 12.3. The summed E-state index contributed by atoms with van der Waals surface area (Å²) in [5, 5.41) is 3.00. The predicted molar refractivity (Wildman–Crippen MR) is 81.3 cm³/mol. The van der Waals surface area contributed by atoms with Crippen molar-refractivity contribution in [1.82, 2.24) is 5.32 Å². The lowest BCUT2D eigenvalue weighted by molar-refractivity contribution is -0.126. The quantitative estimate of drug-likeness (QED) is 0.837. The number of nitrogens with two attached hydrogens (primary N) is 1. The Morgan fingerprint density at radius 3 is 2.81 bits per heavy atom. The number of carbonyl (C=O) groups is 1. The summed E-state index contributed by atoms with van der Waals surface area (Å²) in [6, 6.07) is 5.57. The fourth-order valence-corrected chi connectivity index (χ4v) is 3.00. The summed E-state index contributed by atoms with van der Waals surface area (Å²) < 4.78 is 10.5. The average molecular weight is 292 g/mol. The molecule has 2 rings (SSSR count). The third-order valence-electron chi connectivity index (χ3n) is 4.24. The molecule has 5 heteroatoms. The summed E-state index contributed by atoms with van der Waals surface area (Å²) in [6.45, 7) is 1.02. The van der Waals surface area contributed by atoms with E-state index in [1.807, 2.05) is 18.2 Å². The molecule has 1 fully saturated rings. The minimum absolute atomic E-state index is 0.0478. The second-order valence-electron chi connectivity index (χ2n) is 5.43. The lowest BCUT2D eigenvalue weighted by Crippen LogP contribution is -2.34. The van der Waals surface area contributed by atoms with Gasteiger partial charge < -0.3 is 20.5 Å². The Labute approximate surface area is 125 Å². The number of hydrogen-bond donors (Lipinski definition) is 2. The average Bonchev–Trinajstić information content (AvgIpc) is 3.00. The Morgan fingerprint density at radius 2 is 2.14 bits per heavy atom. The van der Waals surface area contributed by atoms with Crippen molar-refractivity contribution in [2.75, 3.05) is 20.8 Å². The summed E-state index contributed by atoms with van der Waals surface area (Å²) in [7, 11) is 3.24. The van der Waals surface area contributed by atoms with Crippen molar-refractivity contribution >= 4 is 5.91 Å². The second-order valence-corrected chi connectivity index (χ2v) is 5.43. The molecule has 0 heterocycles. The molecule has 21 heavy (non-hydrogen) atoms. The first-order valence-corrected chi connectivity index (χ1v) is 7.38. The molecule has 1 amide bonds. The zero-order chi connectivity index (χ0) is 15.2. The van der Waals surface area contributed by atoms with E-state index >= 15 is 0 Å².